The quantitative estimate of drug-likeness (QED) is 0.448. The van der Waals surface area contributed by atoms with Crippen LogP contribution in [0.1, 0.15) is 5.56 Å². The van der Waals surface area contributed by atoms with Gasteiger partial charge in [0.15, 0.2) is 0 Å². The lowest BCUT2D eigenvalue weighted by atomic mass is 10.2. The molecule has 11 heavy (non-hydrogen) atoms. The van der Waals surface area contributed by atoms with Crippen molar-refractivity contribution in [2.75, 3.05) is 0 Å². The molecule has 0 heterocycles. The Morgan fingerprint density at radius 3 is 2.36 bits per heavy atom. The molecule has 3 heteroatoms. The van der Waals surface area contributed by atoms with E-state index in [1.165, 1.54) is 0 Å². The highest BCUT2D eigenvalue weighted by atomic mass is 35.5. The van der Waals surface area contributed by atoms with Crippen LogP contribution < -0.4 is 0 Å². The van der Waals surface area contributed by atoms with Gasteiger partial charge in [-0.05, 0) is 12.1 Å². The van der Waals surface area contributed by atoms with Crippen LogP contribution >= 0.6 is 34.8 Å². The molecular weight excluding hydrogens is 202 g/mol. The van der Waals surface area contributed by atoms with E-state index in [9.17, 15) is 0 Å². The highest BCUT2D eigenvalue weighted by Gasteiger charge is 2.03. The van der Waals surface area contributed by atoms with E-state index in [1.807, 2.05) is 0 Å². The Labute approximate surface area is 80.1 Å². The fourth-order valence-electron chi connectivity index (χ4n) is 0.661. The molecule has 0 amide bonds. The molecular formula is C8H3Cl3. The molecule has 56 valence electrons. The minimum absolute atomic E-state index is 0.374. The highest BCUT2D eigenvalue weighted by Crippen LogP contribution is 2.28. The lowest BCUT2D eigenvalue weighted by molar-refractivity contribution is 1.64. The minimum Gasteiger partial charge on any atom is -0.115 e. The first-order chi connectivity index (χ1) is 5.15. The third-order valence-electron chi connectivity index (χ3n) is 1.15. The number of hydrogen-bond donors (Lipinski definition) is 0. The molecule has 0 bridgehead atoms. The molecule has 0 unspecified atom stereocenters. The van der Waals surface area contributed by atoms with Crippen LogP contribution in [0.2, 0.25) is 15.1 Å². The monoisotopic (exact) mass is 204 g/mol. The molecule has 0 aliphatic heterocycles. The van der Waals surface area contributed by atoms with Gasteiger partial charge in [0, 0.05) is 10.6 Å². The predicted octanol–water partition coefficient (Wildman–Crippen LogP) is 3.63. The SMILES string of the molecule is C#Cc1cc(Cl)cc(Cl)c1Cl. The normalized spacial score (nSPS) is 9.27. The molecule has 1 aromatic rings. The maximum Gasteiger partial charge on any atom is 0.0749 e. The van der Waals surface area contributed by atoms with E-state index in [4.69, 9.17) is 41.2 Å². The Morgan fingerprint density at radius 2 is 1.82 bits per heavy atom. The molecule has 0 N–H and O–H groups in total. The summed E-state index contributed by atoms with van der Waals surface area (Å²) in [5.74, 6) is 2.38. The number of hydrogen-bond acceptors (Lipinski definition) is 0. The Bertz CT molecular complexity index is 323. The van der Waals surface area contributed by atoms with Gasteiger partial charge in [0.2, 0.25) is 0 Å². The zero-order chi connectivity index (χ0) is 8.43. The average molecular weight is 205 g/mol. The van der Waals surface area contributed by atoms with Crippen molar-refractivity contribution in [3.63, 3.8) is 0 Å². The summed E-state index contributed by atoms with van der Waals surface area (Å²) in [6.07, 6.45) is 5.14. The molecule has 0 radical (unpaired) electrons. The summed E-state index contributed by atoms with van der Waals surface area (Å²) >= 11 is 17.1. The van der Waals surface area contributed by atoms with Crippen molar-refractivity contribution in [2.45, 2.75) is 0 Å². The van der Waals surface area contributed by atoms with Crippen LogP contribution in [-0.2, 0) is 0 Å². The Morgan fingerprint density at radius 1 is 1.18 bits per heavy atom. The van der Waals surface area contributed by atoms with Crippen LogP contribution in [0.25, 0.3) is 0 Å². The molecule has 0 aliphatic rings. The van der Waals surface area contributed by atoms with Gasteiger partial charge in [0.1, 0.15) is 0 Å². The van der Waals surface area contributed by atoms with Crippen LogP contribution in [0.15, 0.2) is 12.1 Å². The van der Waals surface area contributed by atoms with Gasteiger partial charge in [0.25, 0.3) is 0 Å². The lowest BCUT2D eigenvalue weighted by Crippen LogP contribution is -1.78. The van der Waals surface area contributed by atoms with E-state index < -0.39 is 0 Å². The van der Waals surface area contributed by atoms with Gasteiger partial charge < -0.3 is 0 Å². The lowest BCUT2D eigenvalue weighted by Gasteiger charge is -1.98. The van der Waals surface area contributed by atoms with Crippen LogP contribution in [0.3, 0.4) is 0 Å². The van der Waals surface area contributed by atoms with Crippen LogP contribution in [0, 0.1) is 12.3 Å². The second-order valence-corrected chi connectivity index (χ2v) is 3.12. The van der Waals surface area contributed by atoms with Gasteiger partial charge in [-0.3, -0.25) is 0 Å². The van der Waals surface area contributed by atoms with Crippen molar-refractivity contribution in [3.8, 4) is 12.3 Å². The Balaban J connectivity index is 3.39. The highest BCUT2D eigenvalue weighted by molar-refractivity contribution is 6.43. The van der Waals surface area contributed by atoms with Crippen molar-refractivity contribution in [3.05, 3.63) is 32.8 Å². The standard InChI is InChI=1S/C8H3Cl3/c1-2-5-3-6(9)4-7(10)8(5)11/h1,3-4H. The second-order valence-electron chi connectivity index (χ2n) is 1.89. The second kappa shape index (κ2) is 3.36. The molecule has 0 saturated heterocycles. The zero-order valence-corrected chi connectivity index (χ0v) is 7.63. The third-order valence-corrected chi connectivity index (χ3v) is 2.17. The molecule has 1 aromatic carbocycles. The van der Waals surface area contributed by atoms with Gasteiger partial charge in [-0.15, -0.1) is 6.42 Å². The zero-order valence-electron chi connectivity index (χ0n) is 5.37. The predicted molar refractivity (Wildman–Crippen MR) is 49.4 cm³/mol. The summed E-state index contributed by atoms with van der Waals surface area (Å²) in [5.41, 5.74) is 0.518. The Kier molecular flexibility index (Phi) is 2.67. The first kappa shape index (κ1) is 8.74. The summed E-state index contributed by atoms with van der Waals surface area (Å²) in [4.78, 5) is 0. The van der Waals surface area contributed by atoms with Gasteiger partial charge >= 0.3 is 0 Å². The molecule has 0 spiro atoms. The largest absolute Gasteiger partial charge is 0.115 e. The molecule has 0 atom stereocenters. The van der Waals surface area contributed by atoms with Crippen LogP contribution in [0.4, 0.5) is 0 Å². The summed E-state index contributed by atoms with van der Waals surface area (Å²) in [6, 6.07) is 3.14. The maximum atomic E-state index is 5.73. The number of benzene rings is 1. The molecule has 0 saturated carbocycles. The van der Waals surface area contributed by atoms with Crippen molar-refractivity contribution < 1.29 is 0 Å². The summed E-state index contributed by atoms with van der Waals surface area (Å²) < 4.78 is 0. The van der Waals surface area contributed by atoms with E-state index >= 15 is 0 Å². The van der Waals surface area contributed by atoms with Crippen molar-refractivity contribution in [1.82, 2.24) is 0 Å². The Hall–Kier alpha value is -0.350. The van der Waals surface area contributed by atoms with Gasteiger partial charge in [-0.1, -0.05) is 40.7 Å². The molecule has 0 aliphatic carbocycles. The fourth-order valence-corrected chi connectivity index (χ4v) is 1.32. The van der Waals surface area contributed by atoms with E-state index in [-0.39, 0.29) is 0 Å². The van der Waals surface area contributed by atoms with Crippen molar-refractivity contribution in [2.24, 2.45) is 0 Å². The average Bonchev–Trinajstić information content (AvgIpc) is 1.96. The van der Waals surface area contributed by atoms with Gasteiger partial charge in [-0.25, -0.2) is 0 Å². The minimum atomic E-state index is 0.374. The number of terminal acetylenes is 1. The number of rotatable bonds is 0. The van der Waals surface area contributed by atoms with Crippen LogP contribution in [-0.4, -0.2) is 0 Å². The van der Waals surface area contributed by atoms with Crippen molar-refractivity contribution in [1.29, 1.82) is 0 Å². The van der Waals surface area contributed by atoms with E-state index in [1.54, 1.807) is 12.1 Å². The van der Waals surface area contributed by atoms with E-state index in [2.05, 4.69) is 5.92 Å². The van der Waals surface area contributed by atoms with E-state index in [0.717, 1.165) is 0 Å². The molecule has 0 aromatic heterocycles. The molecule has 0 fully saturated rings. The van der Waals surface area contributed by atoms with Crippen molar-refractivity contribution >= 4 is 34.8 Å². The van der Waals surface area contributed by atoms with Crippen LogP contribution in [0.5, 0.6) is 0 Å². The summed E-state index contributed by atoms with van der Waals surface area (Å²) in [6.45, 7) is 0. The maximum absolute atomic E-state index is 5.73. The molecule has 0 nitrogen and oxygen atoms in total. The first-order valence-electron chi connectivity index (χ1n) is 2.76. The van der Waals surface area contributed by atoms with Gasteiger partial charge in [0.05, 0.1) is 10.0 Å². The summed E-state index contributed by atoms with van der Waals surface area (Å²) in [5, 5.41) is 1.25. The topological polar surface area (TPSA) is 0 Å². The fraction of sp³-hybridized carbons (Fsp3) is 0. The molecule has 1 rings (SSSR count). The third kappa shape index (κ3) is 1.81. The summed E-state index contributed by atoms with van der Waals surface area (Å²) in [7, 11) is 0. The van der Waals surface area contributed by atoms with E-state index in [0.29, 0.717) is 20.6 Å². The number of halogens is 3. The first-order valence-corrected chi connectivity index (χ1v) is 3.89. The smallest absolute Gasteiger partial charge is 0.0749 e. The van der Waals surface area contributed by atoms with Gasteiger partial charge in [-0.2, -0.15) is 0 Å².